The van der Waals surface area contributed by atoms with E-state index in [2.05, 4.69) is 20.1 Å². The Kier molecular flexibility index (Phi) is 2.22. The van der Waals surface area contributed by atoms with Crippen molar-refractivity contribution in [1.82, 2.24) is 24.7 Å². The summed E-state index contributed by atoms with van der Waals surface area (Å²) in [5.74, 6) is 0. The topological polar surface area (TPSA) is 56.5 Å². The number of hydrogen-bond acceptors (Lipinski definition) is 5. The number of aromatic nitrogens is 5. The van der Waals surface area contributed by atoms with Crippen molar-refractivity contribution in [2.24, 2.45) is 7.05 Å². The molecule has 0 aliphatic rings. The fraction of sp³-hybridized carbons (Fsp3) is 0.143. The van der Waals surface area contributed by atoms with Crippen molar-refractivity contribution in [1.29, 1.82) is 0 Å². The first-order valence-electron chi connectivity index (χ1n) is 3.65. The summed E-state index contributed by atoms with van der Waals surface area (Å²) in [5.41, 5.74) is 0. The van der Waals surface area contributed by atoms with E-state index in [1.165, 1.54) is 11.8 Å². The third-order valence-electron chi connectivity index (χ3n) is 1.30. The van der Waals surface area contributed by atoms with Gasteiger partial charge in [-0.2, -0.15) is 0 Å². The predicted octanol–water partition coefficient (Wildman–Crippen LogP) is 0.756. The summed E-state index contributed by atoms with van der Waals surface area (Å²) < 4.78 is 1.64. The molecular formula is C7H7N5S. The van der Waals surface area contributed by atoms with Gasteiger partial charge in [-0.15, -0.1) is 5.10 Å². The van der Waals surface area contributed by atoms with Crippen LogP contribution < -0.4 is 0 Å². The molecule has 2 heterocycles. The Morgan fingerprint density at radius 3 is 2.54 bits per heavy atom. The minimum atomic E-state index is 0.661. The SMILES string of the molecule is Cn1cnc(Sc2ncccn2)n1. The molecule has 2 aromatic rings. The van der Waals surface area contributed by atoms with E-state index in [1.807, 2.05) is 7.05 Å². The highest BCUT2D eigenvalue weighted by Gasteiger charge is 2.02. The standard InChI is InChI=1S/C7H7N5S/c1-12-5-10-7(11-12)13-6-8-3-2-4-9-6/h2-5H,1H3. The predicted molar refractivity (Wildman–Crippen MR) is 47.2 cm³/mol. The summed E-state index contributed by atoms with van der Waals surface area (Å²) in [7, 11) is 1.82. The smallest absolute Gasteiger partial charge is 0.216 e. The Balaban J connectivity index is 2.15. The molecule has 0 N–H and O–H groups in total. The van der Waals surface area contributed by atoms with Crippen molar-refractivity contribution < 1.29 is 0 Å². The maximum absolute atomic E-state index is 4.09. The first kappa shape index (κ1) is 8.18. The average molecular weight is 193 g/mol. The first-order chi connectivity index (χ1) is 6.34. The van der Waals surface area contributed by atoms with E-state index >= 15 is 0 Å². The van der Waals surface area contributed by atoms with E-state index in [0.29, 0.717) is 10.3 Å². The third kappa shape index (κ3) is 2.03. The molecule has 0 spiro atoms. The van der Waals surface area contributed by atoms with Gasteiger partial charge in [-0.05, 0) is 17.8 Å². The molecule has 2 aromatic heterocycles. The minimum absolute atomic E-state index is 0.661. The van der Waals surface area contributed by atoms with Crippen molar-refractivity contribution in [3.63, 3.8) is 0 Å². The van der Waals surface area contributed by atoms with Gasteiger partial charge in [0.25, 0.3) is 0 Å². The largest absolute Gasteiger partial charge is 0.255 e. The van der Waals surface area contributed by atoms with Crippen LogP contribution in [0.25, 0.3) is 0 Å². The molecule has 0 bridgehead atoms. The van der Waals surface area contributed by atoms with E-state index in [1.54, 1.807) is 29.5 Å². The van der Waals surface area contributed by atoms with Crippen molar-refractivity contribution in [2.45, 2.75) is 10.3 Å². The first-order valence-corrected chi connectivity index (χ1v) is 4.47. The van der Waals surface area contributed by atoms with E-state index in [9.17, 15) is 0 Å². The van der Waals surface area contributed by atoms with Crippen molar-refractivity contribution in [3.8, 4) is 0 Å². The van der Waals surface area contributed by atoms with E-state index in [-0.39, 0.29) is 0 Å². The molecule has 0 radical (unpaired) electrons. The highest BCUT2D eigenvalue weighted by Crippen LogP contribution is 2.18. The van der Waals surface area contributed by atoms with Crippen LogP contribution in [-0.2, 0) is 7.05 Å². The van der Waals surface area contributed by atoms with Crippen LogP contribution >= 0.6 is 11.8 Å². The minimum Gasteiger partial charge on any atom is -0.255 e. The summed E-state index contributed by atoms with van der Waals surface area (Å²) in [6.07, 6.45) is 5.03. The van der Waals surface area contributed by atoms with Gasteiger partial charge < -0.3 is 0 Å². The summed E-state index contributed by atoms with van der Waals surface area (Å²) in [5, 5.41) is 5.42. The van der Waals surface area contributed by atoms with E-state index in [0.717, 1.165) is 0 Å². The molecule has 2 rings (SSSR count). The molecule has 0 aliphatic heterocycles. The fourth-order valence-electron chi connectivity index (χ4n) is 0.786. The van der Waals surface area contributed by atoms with Crippen LogP contribution in [0.3, 0.4) is 0 Å². The average Bonchev–Trinajstić information content (AvgIpc) is 2.53. The molecule has 0 unspecified atom stereocenters. The van der Waals surface area contributed by atoms with Crippen LogP contribution in [0.1, 0.15) is 0 Å². The Morgan fingerprint density at radius 2 is 1.92 bits per heavy atom. The summed E-state index contributed by atoms with van der Waals surface area (Å²) in [6, 6.07) is 1.77. The van der Waals surface area contributed by atoms with Gasteiger partial charge in [0.1, 0.15) is 6.33 Å². The van der Waals surface area contributed by atoms with E-state index < -0.39 is 0 Å². The Bertz CT molecular complexity index is 385. The van der Waals surface area contributed by atoms with Crippen LogP contribution in [-0.4, -0.2) is 24.7 Å². The molecule has 66 valence electrons. The normalized spacial score (nSPS) is 10.2. The van der Waals surface area contributed by atoms with Crippen LogP contribution in [0.5, 0.6) is 0 Å². The zero-order chi connectivity index (χ0) is 9.10. The van der Waals surface area contributed by atoms with Gasteiger partial charge in [0.2, 0.25) is 5.16 Å². The molecule has 0 amide bonds. The Hall–Kier alpha value is -1.43. The number of nitrogens with zero attached hydrogens (tertiary/aromatic N) is 5. The number of aryl methyl sites for hydroxylation is 1. The van der Waals surface area contributed by atoms with Crippen molar-refractivity contribution >= 4 is 11.8 Å². The van der Waals surface area contributed by atoms with Crippen LogP contribution in [0, 0.1) is 0 Å². The van der Waals surface area contributed by atoms with Gasteiger partial charge in [-0.25, -0.2) is 15.0 Å². The molecule has 0 fully saturated rings. The molecule has 0 aromatic carbocycles. The van der Waals surface area contributed by atoms with Gasteiger partial charge in [0, 0.05) is 19.4 Å². The lowest BCUT2D eigenvalue weighted by molar-refractivity contribution is 0.737. The Morgan fingerprint density at radius 1 is 1.15 bits per heavy atom. The van der Waals surface area contributed by atoms with Gasteiger partial charge in [-0.1, -0.05) is 0 Å². The lowest BCUT2D eigenvalue weighted by atomic mass is 10.7. The maximum atomic E-state index is 4.09. The zero-order valence-corrected chi connectivity index (χ0v) is 7.77. The second-order valence-corrected chi connectivity index (χ2v) is 3.27. The lowest BCUT2D eigenvalue weighted by Crippen LogP contribution is -1.88. The lowest BCUT2D eigenvalue weighted by Gasteiger charge is -1.91. The molecule has 0 saturated heterocycles. The highest BCUT2D eigenvalue weighted by atomic mass is 32.2. The second-order valence-electron chi connectivity index (χ2n) is 2.33. The quantitative estimate of drug-likeness (QED) is 0.659. The zero-order valence-electron chi connectivity index (χ0n) is 6.95. The molecule has 6 heteroatoms. The van der Waals surface area contributed by atoms with Crippen LogP contribution in [0.15, 0.2) is 35.1 Å². The third-order valence-corrected chi connectivity index (χ3v) is 2.07. The fourth-order valence-corrected chi connectivity index (χ4v) is 1.45. The van der Waals surface area contributed by atoms with E-state index in [4.69, 9.17) is 0 Å². The number of hydrogen-bond donors (Lipinski definition) is 0. The van der Waals surface area contributed by atoms with Crippen LogP contribution in [0.4, 0.5) is 0 Å². The monoisotopic (exact) mass is 193 g/mol. The molecule has 0 aliphatic carbocycles. The van der Waals surface area contributed by atoms with Gasteiger partial charge in [0.05, 0.1) is 0 Å². The van der Waals surface area contributed by atoms with Crippen LogP contribution in [0.2, 0.25) is 0 Å². The molecule has 0 atom stereocenters. The molecular weight excluding hydrogens is 186 g/mol. The van der Waals surface area contributed by atoms with Gasteiger partial charge >= 0.3 is 0 Å². The second kappa shape index (κ2) is 3.53. The highest BCUT2D eigenvalue weighted by molar-refractivity contribution is 7.99. The Labute approximate surface area is 79.2 Å². The van der Waals surface area contributed by atoms with Gasteiger partial charge in [0.15, 0.2) is 5.16 Å². The number of rotatable bonds is 2. The van der Waals surface area contributed by atoms with Crippen molar-refractivity contribution in [2.75, 3.05) is 0 Å². The van der Waals surface area contributed by atoms with Crippen molar-refractivity contribution in [3.05, 3.63) is 24.8 Å². The maximum Gasteiger partial charge on any atom is 0.216 e. The molecule has 13 heavy (non-hydrogen) atoms. The molecule has 5 nitrogen and oxygen atoms in total. The molecule has 0 saturated carbocycles. The van der Waals surface area contributed by atoms with Gasteiger partial charge in [-0.3, -0.25) is 4.68 Å². The summed E-state index contributed by atoms with van der Waals surface area (Å²) in [4.78, 5) is 12.1. The summed E-state index contributed by atoms with van der Waals surface area (Å²) >= 11 is 1.34. The summed E-state index contributed by atoms with van der Waals surface area (Å²) in [6.45, 7) is 0.